The lowest BCUT2D eigenvalue weighted by molar-refractivity contribution is -0.119. The van der Waals surface area contributed by atoms with Gasteiger partial charge in [-0.05, 0) is 57.5 Å². The minimum atomic E-state index is -0.750. The van der Waals surface area contributed by atoms with E-state index in [1.54, 1.807) is 26.8 Å². The van der Waals surface area contributed by atoms with Crippen LogP contribution in [0.25, 0.3) is 0 Å². The number of carbonyl (C=O) groups excluding carboxylic acids is 2. The van der Waals surface area contributed by atoms with E-state index in [4.69, 9.17) is 18.9 Å². The summed E-state index contributed by atoms with van der Waals surface area (Å²) in [6.45, 7) is 7.69. The van der Waals surface area contributed by atoms with Crippen molar-refractivity contribution >= 4 is 17.6 Å². The van der Waals surface area contributed by atoms with Crippen molar-refractivity contribution in [2.75, 3.05) is 31.7 Å². The van der Waals surface area contributed by atoms with Crippen LogP contribution in [0.1, 0.15) is 36.7 Å². The van der Waals surface area contributed by atoms with E-state index in [2.05, 4.69) is 5.32 Å². The highest BCUT2D eigenvalue weighted by Gasteiger charge is 2.20. The van der Waals surface area contributed by atoms with Crippen molar-refractivity contribution in [2.24, 2.45) is 0 Å². The molecule has 0 saturated carbocycles. The maximum atomic E-state index is 13.8. The van der Waals surface area contributed by atoms with Crippen LogP contribution in [0.3, 0.4) is 0 Å². The molecule has 30 heavy (non-hydrogen) atoms. The average Bonchev–Trinajstić information content (AvgIpc) is 2.71. The Balaban J connectivity index is 2.12. The fourth-order valence-corrected chi connectivity index (χ4v) is 2.63. The van der Waals surface area contributed by atoms with E-state index in [1.165, 1.54) is 24.3 Å². The second-order valence-electron chi connectivity index (χ2n) is 6.21. The van der Waals surface area contributed by atoms with E-state index in [0.717, 1.165) is 5.56 Å². The SMILES string of the molecule is CCOc1cc(C(=O)OCC(=O)Nc2ccc(C)cc2F)cc(OCC)c1OCC. The molecule has 2 rings (SSSR count). The van der Waals surface area contributed by atoms with Crippen molar-refractivity contribution in [3.63, 3.8) is 0 Å². The molecule has 2 aromatic rings. The zero-order valence-electron chi connectivity index (χ0n) is 17.5. The lowest BCUT2D eigenvalue weighted by Crippen LogP contribution is -2.21. The fourth-order valence-electron chi connectivity index (χ4n) is 2.63. The molecule has 0 heterocycles. The quantitative estimate of drug-likeness (QED) is 0.583. The highest BCUT2D eigenvalue weighted by atomic mass is 19.1. The van der Waals surface area contributed by atoms with Crippen molar-refractivity contribution in [1.82, 2.24) is 0 Å². The van der Waals surface area contributed by atoms with Crippen LogP contribution >= 0.6 is 0 Å². The molecule has 0 bridgehead atoms. The first-order chi connectivity index (χ1) is 14.4. The molecule has 7 nitrogen and oxygen atoms in total. The van der Waals surface area contributed by atoms with E-state index < -0.39 is 24.3 Å². The minimum absolute atomic E-state index is 0.0139. The highest BCUT2D eigenvalue weighted by molar-refractivity contribution is 5.96. The topological polar surface area (TPSA) is 83.1 Å². The smallest absolute Gasteiger partial charge is 0.338 e. The second kappa shape index (κ2) is 11.0. The molecule has 2 aromatic carbocycles. The number of ether oxygens (including phenoxy) is 4. The molecule has 0 saturated heterocycles. The van der Waals surface area contributed by atoms with Gasteiger partial charge >= 0.3 is 5.97 Å². The Morgan fingerprint density at radius 2 is 1.53 bits per heavy atom. The van der Waals surface area contributed by atoms with Gasteiger partial charge < -0.3 is 24.3 Å². The van der Waals surface area contributed by atoms with Gasteiger partial charge in [0.05, 0.1) is 31.1 Å². The van der Waals surface area contributed by atoms with E-state index in [0.29, 0.717) is 37.1 Å². The predicted molar refractivity (Wildman–Crippen MR) is 110 cm³/mol. The molecule has 0 radical (unpaired) electrons. The number of anilines is 1. The first-order valence-electron chi connectivity index (χ1n) is 9.69. The van der Waals surface area contributed by atoms with Gasteiger partial charge in [0.15, 0.2) is 18.1 Å². The third-order valence-corrected chi connectivity index (χ3v) is 3.88. The number of hydrogen-bond acceptors (Lipinski definition) is 6. The van der Waals surface area contributed by atoms with Crippen LogP contribution in [0, 0.1) is 12.7 Å². The zero-order chi connectivity index (χ0) is 22.1. The fraction of sp³-hybridized carbons (Fsp3) is 0.364. The molecular formula is C22H26FNO6. The van der Waals surface area contributed by atoms with Crippen molar-refractivity contribution in [2.45, 2.75) is 27.7 Å². The molecule has 0 aliphatic rings. The van der Waals surface area contributed by atoms with Crippen LogP contribution in [0.2, 0.25) is 0 Å². The molecule has 1 N–H and O–H groups in total. The number of aryl methyl sites for hydroxylation is 1. The predicted octanol–water partition coefficient (Wildman–Crippen LogP) is 4.13. The third-order valence-electron chi connectivity index (χ3n) is 3.88. The molecule has 1 amide bonds. The first-order valence-corrected chi connectivity index (χ1v) is 9.69. The lowest BCUT2D eigenvalue weighted by Gasteiger charge is -2.16. The van der Waals surface area contributed by atoms with Gasteiger partial charge in [-0.1, -0.05) is 6.07 Å². The number of amides is 1. The zero-order valence-corrected chi connectivity index (χ0v) is 17.5. The summed E-state index contributed by atoms with van der Waals surface area (Å²) in [6, 6.07) is 7.34. The summed E-state index contributed by atoms with van der Waals surface area (Å²) < 4.78 is 35.6. The third kappa shape index (κ3) is 6.10. The summed E-state index contributed by atoms with van der Waals surface area (Å²) in [6.07, 6.45) is 0. The summed E-state index contributed by atoms with van der Waals surface area (Å²) in [7, 11) is 0. The van der Waals surface area contributed by atoms with Gasteiger partial charge in [0.1, 0.15) is 5.82 Å². The Morgan fingerprint density at radius 1 is 0.933 bits per heavy atom. The van der Waals surface area contributed by atoms with Gasteiger partial charge in [0.25, 0.3) is 5.91 Å². The Labute approximate surface area is 175 Å². The van der Waals surface area contributed by atoms with Crippen molar-refractivity contribution in [1.29, 1.82) is 0 Å². The summed E-state index contributed by atoms with van der Waals surface area (Å²) >= 11 is 0. The summed E-state index contributed by atoms with van der Waals surface area (Å²) in [5.41, 5.74) is 0.877. The van der Waals surface area contributed by atoms with Gasteiger partial charge in [-0.2, -0.15) is 0 Å². The van der Waals surface area contributed by atoms with E-state index >= 15 is 0 Å². The Hall–Kier alpha value is -3.29. The highest BCUT2D eigenvalue weighted by Crippen LogP contribution is 2.39. The summed E-state index contributed by atoms with van der Waals surface area (Å²) in [5, 5.41) is 2.37. The molecule has 0 spiro atoms. The number of rotatable bonds is 10. The molecule has 8 heteroatoms. The Kier molecular flexibility index (Phi) is 8.46. The van der Waals surface area contributed by atoms with Crippen molar-refractivity contribution in [3.05, 3.63) is 47.3 Å². The number of esters is 1. The van der Waals surface area contributed by atoms with Crippen molar-refractivity contribution < 1.29 is 32.9 Å². The molecule has 0 unspecified atom stereocenters. The first kappa shape index (κ1) is 23.0. The molecule has 0 aliphatic heterocycles. The molecule has 0 aliphatic carbocycles. The van der Waals surface area contributed by atoms with Crippen LogP contribution in [-0.2, 0) is 9.53 Å². The van der Waals surface area contributed by atoms with Crippen LogP contribution < -0.4 is 19.5 Å². The molecular weight excluding hydrogens is 393 g/mol. The van der Waals surface area contributed by atoms with E-state index in [9.17, 15) is 14.0 Å². The minimum Gasteiger partial charge on any atom is -0.490 e. The van der Waals surface area contributed by atoms with Gasteiger partial charge in [-0.25, -0.2) is 9.18 Å². The molecule has 0 atom stereocenters. The number of halogens is 1. The van der Waals surface area contributed by atoms with Gasteiger partial charge in [-0.3, -0.25) is 4.79 Å². The number of nitrogens with one attached hydrogen (secondary N) is 1. The molecule has 162 valence electrons. The van der Waals surface area contributed by atoms with E-state index in [-0.39, 0.29) is 11.3 Å². The standard InChI is InChI=1S/C22H26FNO6/c1-5-27-18-11-15(12-19(28-6-2)21(18)29-7-3)22(26)30-13-20(25)24-17-9-8-14(4)10-16(17)23/h8-12H,5-7,13H2,1-4H3,(H,24,25). The van der Waals surface area contributed by atoms with Crippen LogP contribution in [0.15, 0.2) is 30.3 Å². The largest absolute Gasteiger partial charge is 0.490 e. The second-order valence-corrected chi connectivity index (χ2v) is 6.21. The number of carbonyl (C=O) groups is 2. The van der Waals surface area contributed by atoms with Gasteiger partial charge in [-0.15, -0.1) is 0 Å². The Bertz CT molecular complexity index is 872. The monoisotopic (exact) mass is 419 g/mol. The van der Waals surface area contributed by atoms with Crippen LogP contribution in [0.5, 0.6) is 17.2 Å². The molecule has 0 aromatic heterocycles. The Morgan fingerprint density at radius 3 is 2.07 bits per heavy atom. The number of hydrogen-bond donors (Lipinski definition) is 1. The maximum absolute atomic E-state index is 13.8. The summed E-state index contributed by atoms with van der Waals surface area (Å²) in [4.78, 5) is 24.5. The van der Waals surface area contributed by atoms with Gasteiger partial charge in [0, 0.05) is 0 Å². The lowest BCUT2D eigenvalue weighted by atomic mass is 10.2. The maximum Gasteiger partial charge on any atom is 0.338 e. The summed E-state index contributed by atoms with van der Waals surface area (Å²) in [5.74, 6) is -0.910. The average molecular weight is 419 g/mol. The van der Waals surface area contributed by atoms with Crippen LogP contribution in [-0.4, -0.2) is 38.3 Å². The molecule has 0 fully saturated rings. The van der Waals surface area contributed by atoms with E-state index in [1.807, 2.05) is 6.92 Å². The normalized spacial score (nSPS) is 10.3. The van der Waals surface area contributed by atoms with Gasteiger partial charge in [0.2, 0.25) is 5.75 Å². The van der Waals surface area contributed by atoms with Crippen molar-refractivity contribution in [3.8, 4) is 17.2 Å². The van der Waals surface area contributed by atoms with Crippen LogP contribution in [0.4, 0.5) is 10.1 Å². The number of benzene rings is 2.